The van der Waals surface area contributed by atoms with Crippen LogP contribution in [-0.2, 0) is 12.7 Å². The van der Waals surface area contributed by atoms with Crippen molar-refractivity contribution in [2.24, 2.45) is 0 Å². The molecular weight excluding hydrogens is 428 g/mol. The number of anilines is 1. The molecule has 0 aliphatic rings. The summed E-state index contributed by atoms with van der Waals surface area (Å²) in [4.78, 5) is 5.08. The summed E-state index contributed by atoms with van der Waals surface area (Å²) < 4.78 is 79.0. The van der Waals surface area contributed by atoms with E-state index in [0.717, 1.165) is 22.6 Å². The highest BCUT2D eigenvalue weighted by atomic mass is 32.1. The highest BCUT2D eigenvalue weighted by molar-refractivity contribution is 7.13. The molecule has 0 aliphatic carbocycles. The van der Waals surface area contributed by atoms with E-state index in [4.69, 9.17) is 5.26 Å². The van der Waals surface area contributed by atoms with Crippen LogP contribution in [-0.4, -0.2) is 17.7 Å². The molecule has 0 atom stereocenters. The van der Waals surface area contributed by atoms with E-state index in [1.165, 1.54) is 17.4 Å². The maximum atomic E-state index is 13.2. The summed E-state index contributed by atoms with van der Waals surface area (Å²) in [7, 11) is 0. The first kappa shape index (κ1) is 21.6. The molecule has 0 unspecified atom stereocenters. The van der Waals surface area contributed by atoms with Crippen molar-refractivity contribution in [1.82, 2.24) is 4.98 Å². The van der Waals surface area contributed by atoms with Gasteiger partial charge in [0.15, 0.2) is 0 Å². The molecule has 0 radical (unpaired) electrons. The van der Waals surface area contributed by atoms with E-state index in [0.29, 0.717) is 16.8 Å². The van der Waals surface area contributed by atoms with Crippen LogP contribution in [0.5, 0.6) is 0 Å². The van der Waals surface area contributed by atoms with Crippen LogP contribution in [0.15, 0.2) is 53.9 Å². The van der Waals surface area contributed by atoms with E-state index < -0.39 is 30.0 Å². The smallest absolute Gasteiger partial charge is 0.357 e. The van der Waals surface area contributed by atoms with Gasteiger partial charge in [-0.2, -0.15) is 31.6 Å². The van der Waals surface area contributed by atoms with Crippen LogP contribution in [0.4, 0.5) is 32.0 Å². The Morgan fingerprint density at radius 3 is 2.30 bits per heavy atom. The van der Waals surface area contributed by atoms with Gasteiger partial charge in [0.05, 0.1) is 29.4 Å². The highest BCUT2D eigenvalue weighted by Gasteiger charge is 2.36. The standard InChI is InChI=1S/C20H13F6N3S/c21-19(22,23)12-29(16-7-6-14(9-27)17(8-16)20(24,25)26)10-15-11-30-18(28-15)13-4-2-1-3-5-13/h1-8,11H,10,12H2. The predicted molar refractivity (Wildman–Crippen MR) is 101 cm³/mol. The molecule has 0 N–H and O–H groups in total. The zero-order valence-corrected chi connectivity index (χ0v) is 15.9. The lowest BCUT2D eigenvalue weighted by Gasteiger charge is -2.26. The zero-order chi connectivity index (χ0) is 21.9. The Balaban J connectivity index is 1.95. The number of aromatic nitrogens is 1. The van der Waals surface area contributed by atoms with E-state index in [9.17, 15) is 26.3 Å². The fraction of sp³-hybridized carbons (Fsp3) is 0.200. The second kappa shape index (κ2) is 8.36. The Hall–Kier alpha value is -3.06. The molecule has 0 saturated heterocycles. The van der Waals surface area contributed by atoms with Crippen LogP contribution in [0.2, 0.25) is 0 Å². The number of alkyl halides is 6. The van der Waals surface area contributed by atoms with Gasteiger partial charge in [0.25, 0.3) is 0 Å². The molecule has 1 aromatic heterocycles. The lowest BCUT2D eigenvalue weighted by atomic mass is 10.1. The third-order valence-electron chi connectivity index (χ3n) is 4.09. The van der Waals surface area contributed by atoms with Crippen molar-refractivity contribution >= 4 is 17.0 Å². The molecule has 0 bridgehead atoms. The SMILES string of the molecule is N#Cc1ccc(N(Cc2csc(-c3ccccc3)n2)CC(F)(F)F)cc1C(F)(F)F. The van der Waals surface area contributed by atoms with Gasteiger partial charge in [-0.25, -0.2) is 4.98 Å². The van der Waals surface area contributed by atoms with Crippen molar-refractivity contribution in [3.8, 4) is 16.6 Å². The van der Waals surface area contributed by atoms with E-state index in [1.54, 1.807) is 29.6 Å². The van der Waals surface area contributed by atoms with Crippen LogP contribution >= 0.6 is 11.3 Å². The molecule has 156 valence electrons. The number of thiazole rings is 1. The fourth-order valence-corrected chi connectivity index (χ4v) is 3.62. The van der Waals surface area contributed by atoms with Gasteiger partial charge in [-0.1, -0.05) is 30.3 Å². The third kappa shape index (κ3) is 5.30. The first-order valence-electron chi connectivity index (χ1n) is 8.50. The van der Waals surface area contributed by atoms with Crippen LogP contribution in [0, 0.1) is 11.3 Å². The van der Waals surface area contributed by atoms with Gasteiger partial charge < -0.3 is 4.90 Å². The number of nitrogens with zero attached hydrogens (tertiary/aromatic N) is 3. The zero-order valence-electron chi connectivity index (χ0n) is 15.1. The molecule has 30 heavy (non-hydrogen) atoms. The Bertz CT molecular complexity index is 1050. The molecule has 3 rings (SSSR count). The summed E-state index contributed by atoms with van der Waals surface area (Å²) in [5.41, 5.74) is -1.15. The van der Waals surface area contributed by atoms with Crippen LogP contribution in [0.3, 0.4) is 0 Å². The average Bonchev–Trinajstić information content (AvgIpc) is 3.14. The molecule has 3 nitrogen and oxygen atoms in total. The van der Waals surface area contributed by atoms with Gasteiger partial charge in [0, 0.05) is 16.6 Å². The third-order valence-corrected chi connectivity index (χ3v) is 5.03. The summed E-state index contributed by atoms with van der Waals surface area (Å²) in [6.07, 6.45) is -9.52. The maximum Gasteiger partial charge on any atom is 0.417 e. The molecule has 10 heteroatoms. The van der Waals surface area contributed by atoms with E-state index in [2.05, 4.69) is 4.98 Å². The number of hydrogen-bond donors (Lipinski definition) is 0. The lowest BCUT2D eigenvalue weighted by Crippen LogP contribution is -2.34. The predicted octanol–water partition coefficient (Wildman–Crippen LogP) is 6.27. The largest absolute Gasteiger partial charge is 0.417 e. The summed E-state index contributed by atoms with van der Waals surface area (Å²) in [5.74, 6) is 0. The molecule has 3 aromatic rings. The van der Waals surface area contributed by atoms with E-state index in [-0.39, 0.29) is 12.2 Å². The molecule has 0 fully saturated rings. The van der Waals surface area contributed by atoms with Crippen molar-refractivity contribution < 1.29 is 26.3 Å². The van der Waals surface area contributed by atoms with Crippen molar-refractivity contribution in [2.75, 3.05) is 11.4 Å². The Morgan fingerprint density at radius 1 is 1.00 bits per heavy atom. The highest BCUT2D eigenvalue weighted by Crippen LogP contribution is 2.35. The second-order valence-corrected chi connectivity index (χ2v) is 7.18. The monoisotopic (exact) mass is 441 g/mol. The summed E-state index contributed by atoms with van der Waals surface area (Å²) in [5, 5.41) is 11.1. The number of benzene rings is 2. The summed E-state index contributed by atoms with van der Waals surface area (Å²) >= 11 is 1.23. The van der Waals surface area contributed by atoms with Crippen molar-refractivity contribution in [3.63, 3.8) is 0 Å². The quantitative estimate of drug-likeness (QED) is 0.438. The van der Waals surface area contributed by atoms with Crippen LogP contribution < -0.4 is 4.90 Å². The van der Waals surface area contributed by atoms with Gasteiger partial charge in [0.2, 0.25) is 0 Å². The maximum absolute atomic E-state index is 13.2. The van der Waals surface area contributed by atoms with Gasteiger partial charge in [-0.15, -0.1) is 11.3 Å². The first-order chi connectivity index (χ1) is 14.1. The van der Waals surface area contributed by atoms with E-state index >= 15 is 0 Å². The van der Waals surface area contributed by atoms with Crippen molar-refractivity contribution in [3.05, 3.63) is 70.7 Å². The second-order valence-electron chi connectivity index (χ2n) is 6.32. The minimum Gasteiger partial charge on any atom is -0.357 e. The minimum atomic E-state index is -4.87. The summed E-state index contributed by atoms with van der Waals surface area (Å²) in [6, 6.07) is 12.9. The van der Waals surface area contributed by atoms with E-state index in [1.807, 2.05) is 6.07 Å². The number of nitriles is 1. The van der Waals surface area contributed by atoms with Gasteiger partial charge >= 0.3 is 12.4 Å². The molecule has 0 spiro atoms. The lowest BCUT2D eigenvalue weighted by molar-refractivity contribution is -0.137. The molecular formula is C20H13F6N3S. The van der Waals surface area contributed by atoms with Crippen molar-refractivity contribution in [1.29, 1.82) is 5.26 Å². The van der Waals surface area contributed by atoms with Crippen LogP contribution in [0.1, 0.15) is 16.8 Å². The Kier molecular flexibility index (Phi) is 6.03. The number of hydrogen-bond acceptors (Lipinski definition) is 4. The summed E-state index contributed by atoms with van der Waals surface area (Å²) in [6.45, 7) is -1.81. The normalized spacial score (nSPS) is 11.9. The van der Waals surface area contributed by atoms with Crippen molar-refractivity contribution in [2.45, 2.75) is 18.9 Å². The molecule has 0 aliphatic heterocycles. The number of halogens is 6. The molecule has 1 heterocycles. The first-order valence-corrected chi connectivity index (χ1v) is 9.37. The Morgan fingerprint density at radius 2 is 1.70 bits per heavy atom. The van der Waals surface area contributed by atoms with Gasteiger partial charge in [-0.05, 0) is 18.2 Å². The van der Waals surface area contributed by atoms with Gasteiger partial charge in [-0.3, -0.25) is 0 Å². The fourth-order valence-electron chi connectivity index (χ4n) is 2.80. The molecule has 2 aromatic carbocycles. The molecule has 0 saturated carbocycles. The topological polar surface area (TPSA) is 39.9 Å². The minimum absolute atomic E-state index is 0.293. The Labute approximate surface area is 171 Å². The van der Waals surface area contributed by atoms with Crippen LogP contribution in [0.25, 0.3) is 10.6 Å². The average molecular weight is 441 g/mol. The number of rotatable bonds is 5. The van der Waals surface area contributed by atoms with Gasteiger partial charge in [0.1, 0.15) is 11.6 Å². The molecule has 0 amide bonds.